The average Bonchev–Trinajstić information content (AvgIpc) is 3.46. The quantitative estimate of drug-likeness (QED) is 0.379. The standard InChI is InChI=1S/C17H19N5O2/c18-22(17(23)11-1-2-11)16-6-12-3-4-14(5-13(12)7-21-16)24-15-8-19-10-20-9-15/h3-9,11,16,19,21H,1-2,10,18H2. The molecule has 1 aromatic rings. The number of aliphatic imine (C=N–C) groups is 1. The summed E-state index contributed by atoms with van der Waals surface area (Å²) >= 11 is 0. The minimum atomic E-state index is -0.324. The molecule has 4 N–H and O–H groups in total. The number of hydrogen-bond donors (Lipinski definition) is 3. The first-order valence-corrected chi connectivity index (χ1v) is 7.98. The number of nitrogens with one attached hydrogen (secondary N) is 2. The van der Waals surface area contributed by atoms with Gasteiger partial charge < -0.3 is 15.4 Å². The normalized spacial score (nSPS) is 21.2. The molecule has 0 aromatic heterocycles. The molecule has 3 aliphatic rings. The lowest BCUT2D eigenvalue weighted by atomic mass is 10.1. The van der Waals surface area contributed by atoms with E-state index in [0.717, 1.165) is 29.0 Å². The van der Waals surface area contributed by atoms with Crippen LogP contribution < -0.4 is 31.7 Å². The van der Waals surface area contributed by atoms with Crippen LogP contribution >= 0.6 is 0 Å². The highest BCUT2D eigenvalue weighted by Gasteiger charge is 2.34. The van der Waals surface area contributed by atoms with Crippen molar-refractivity contribution in [3.8, 4) is 5.75 Å². The van der Waals surface area contributed by atoms with Crippen LogP contribution in [-0.4, -0.2) is 30.0 Å². The smallest absolute Gasteiger partial charge is 0.241 e. The van der Waals surface area contributed by atoms with Gasteiger partial charge in [0.1, 0.15) is 18.6 Å². The third-order valence-corrected chi connectivity index (χ3v) is 4.17. The third kappa shape index (κ3) is 2.98. The number of fused-ring (bicyclic) bond motifs is 1. The van der Waals surface area contributed by atoms with Gasteiger partial charge in [-0.05, 0) is 36.3 Å². The number of nitrogens with two attached hydrogens (primary N) is 1. The molecule has 0 bridgehead atoms. The number of allylic oxidation sites excluding steroid dienone is 1. The number of hydrazine groups is 1. The molecule has 1 fully saturated rings. The van der Waals surface area contributed by atoms with E-state index >= 15 is 0 Å². The highest BCUT2D eigenvalue weighted by atomic mass is 16.5. The summed E-state index contributed by atoms with van der Waals surface area (Å²) in [4.78, 5) is 16.2. The van der Waals surface area contributed by atoms with Gasteiger partial charge in [0.25, 0.3) is 0 Å². The summed E-state index contributed by atoms with van der Waals surface area (Å²) in [6.07, 6.45) is 8.83. The zero-order valence-corrected chi connectivity index (χ0v) is 13.1. The molecule has 1 aliphatic carbocycles. The van der Waals surface area contributed by atoms with Crippen LogP contribution in [0.25, 0.3) is 12.3 Å². The Labute approximate surface area is 139 Å². The van der Waals surface area contributed by atoms with Crippen molar-refractivity contribution >= 4 is 24.4 Å². The van der Waals surface area contributed by atoms with E-state index in [1.165, 1.54) is 5.01 Å². The number of rotatable bonds is 4. The van der Waals surface area contributed by atoms with Gasteiger partial charge in [0.05, 0.1) is 6.21 Å². The second kappa shape index (κ2) is 6.01. The van der Waals surface area contributed by atoms with Crippen molar-refractivity contribution in [2.24, 2.45) is 16.8 Å². The second-order valence-corrected chi connectivity index (χ2v) is 6.06. The Balaban J connectivity index is 1.53. The maximum atomic E-state index is 12.1. The molecule has 2 aliphatic heterocycles. The topological polar surface area (TPSA) is 92.0 Å². The van der Waals surface area contributed by atoms with E-state index in [0.29, 0.717) is 12.4 Å². The molecule has 124 valence electrons. The van der Waals surface area contributed by atoms with Crippen LogP contribution in [-0.2, 0) is 4.79 Å². The molecule has 0 spiro atoms. The van der Waals surface area contributed by atoms with E-state index < -0.39 is 0 Å². The van der Waals surface area contributed by atoms with Gasteiger partial charge in [0.2, 0.25) is 5.91 Å². The first-order chi connectivity index (χ1) is 11.7. The fourth-order valence-electron chi connectivity index (χ4n) is 2.69. The molecule has 7 heteroatoms. The van der Waals surface area contributed by atoms with Crippen LogP contribution in [0.1, 0.15) is 12.8 Å². The highest BCUT2D eigenvalue weighted by molar-refractivity contribution is 5.81. The van der Waals surface area contributed by atoms with E-state index in [-0.39, 0.29) is 18.0 Å². The molecular weight excluding hydrogens is 306 g/mol. The Hall–Kier alpha value is -2.80. The van der Waals surface area contributed by atoms with Gasteiger partial charge in [-0.2, -0.15) is 0 Å². The van der Waals surface area contributed by atoms with Crippen LogP contribution in [0.15, 0.2) is 35.2 Å². The summed E-state index contributed by atoms with van der Waals surface area (Å²) in [7, 11) is 0. The van der Waals surface area contributed by atoms with E-state index in [1.54, 1.807) is 12.4 Å². The predicted molar refractivity (Wildman–Crippen MR) is 90.5 cm³/mol. The monoisotopic (exact) mass is 325 g/mol. The molecule has 1 amide bonds. The van der Waals surface area contributed by atoms with Gasteiger partial charge in [-0.3, -0.25) is 14.8 Å². The molecule has 1 unspecified atom stereocenters. The molecule has 0 saturated heterocycles. The number of hydrogen-bond acceptors (Lipinski definition) is 6. The molecule has 2 heterocycles. The Morgan fingerprint density at radius 2 is 2.17 bits per heavy atom. The van der Waals surface area contributed by atoms with E-state index in [2.05, 4.69) is 15.6 Å². The molecule has 7 nitrogen and oxygen atoms in total. The molecule has 1 atom stereocenters. The molecule has 24 heavy (non-hydrogen) atoms. The fourth-order valence-corrected chi connectivity index (χ4v) is 2.69. The molecular formula is C17H19N5O2. The van der Waals surface area contributed by atoms with Crippen molar-refractivity contribution in [1.82, 2.24) is 15.6 Å². The summed E-state index contributed by atoms with van der Waals surface area (Å²) in [6, 6.07) is 5.78. The SMILES string of the molecule is NN(C(=O)C1CC1)C1C=c2ccc(OC3=CNCN=C3)cc2=CN1. The minimum absolute atomic E-state index is 0.00317. The first kappa shape index (κ1) is 14.8. The summed E-state index contributed by atoms with van der Waals surface area (Å²) in [5.41, 5.74) is 0. The van der Waals surface area contributed by atoms with Crippen molar-refractivity contribution < 1.29 is 9.53 Å². The fraction of sp³-hybridized carbons (Fsp3) is 0.294. The van der Waals surface area contributed by atoms with Gasteiger partial charge in [0, 0.05) is 23.5 Å². The van der Waals surface area contributed by atoms with Gasteiger partial charge in [-0.15, -0.1) is 0 Å². The first-order valence-electron chi connectivity index (χ1n) is 7.98. The second-order valence-electron chi connectivity index (χ2n) is 6.06. The van der Waals surface area contributed by atoms with Crippen molar-refractivity contribution in [3.63, 3.8) is 0 Å². The number of amides is 1. The lowest BCUT2D eigenvalue weighted by Crippen LogP contribution is -2.54. The number of carbonyl (C=O) groups excluding carboxylic acids is 1. The van der Waals surface area contributed by atoms with Gasteiger partial charge >= 0.3 is 0 Å². The zero-order valence-electron chi connectivity index (χ0n) is 13.1. The van der Waals surface area contributed by atoms with E-state index in [4.69, 9.17) is 10.6 Å². The van der Waals surface area contributed by atoms with Gasteiger partial charge in [-0.25, -0.2) is 5.84 Å². The molecule has 1 aromatic carbocycles. The van der Waals surface area contributed by atoms with Crippen LogP contribution in [0.2, 0.25) is 0 Å². The Morgan fingerprint density at radius 1 is 1.29 bits per heavy atom. The zero-order chi connectivity index (χ0) is 16.5. The predicted octanol–water partition coefficient (Wildman–Crippen LogP) is -0.902. The molecule has 0 radical (unpaired) electrons. The Kier molecular flexibility index (Phi) is 3.70. The maximum Gasteiger partial charge on any atom is 0.241 e. The number of nitrogens with zero attached hydrogens (tertiary/aromatic N) is 2. The maximum absolute atomic E-state index is 12.1. The van der Waals surface area contributed by atoms with Crippen molar-refractivity contribution in [2.75, 3.05) is 6.67 Å². The summed E-state index contributed by atoms with van der Waals surface area (Å²) in [5.74, 6) is 7.44. The lowest BCUT2D eigenvalue weighted by Gasteiger charge is -2.27. The Morgan fingerprint density at radius 3 is 2.92 bits per heavy atom. The largest absolute Gasteiger partial charge is 0.454 e. The van der Waals surface area contributed by atoms with Crippen molar-refractivity contribution in [2.45, 2.75) is 19.0 Å². The molecule has 1 saturated carbocycles. The highest BCUT2D eigenvalue weighted by Crippen LogP contribution is 2.30. The van der Waals surface area contributed by atoms with Crippen molar-refractivity contribution in [3.05, 3.63) is 40.6 Å². The summed E-state index contributed by atoms with van der Waals surface area (Å²) in [5, 5.41) is 9.44. The number of ether oxygens (including phenoxy) is 1. The number of carbonyl (C=O) groups is 1. The summed E-state index contributed by atoms with van der Waals surface area (Å²) < 4.78 is 5.77. The van der Waals surface area contributed by atoms with Gasteiger partial charge in [-0.1, -0.05) is 6.07 Å². The van der Waals surface area contributed by atoms with E-state index in [9.17, 15) is 4.79 Å². The van der Waals surface area contributed by atoms with Gasteiger partial charge in [0.15, 0.2) is 5.76 Å². The van der Waals surface area contributed by atoms with Crippen LogP contribution in [0, 0.1) is 5.92 Å². The van der Waals surface area contributed by atoms with Crippen LogP contribution in [0.5, 0.6) is 5.75 Å². The van der Waals surface area contributed by atoms with Crippen molar-refractivity contribution in [1.29, 1.82) is 0 Å². The minimum Gasteiger partial charge on any atom is -0.454 e. The molecule has 4 rings (SSSR count). The lowest BCUT2D eigenvalue weighted by molar-refractivity contribution is -0.134. The Bertz CT molecular complexity index is 841. The third-order valence-electron chi connectivity index (χ3n) is 4.17. The van der Waals surface area contributed by atoms with E-state index in [1.807, 2.05) is 30.5 Å². The number of benzene rings is 1. The summed E-state index contributed by atoms with van der Waals surface area (Å²) in [6.45, 7) is 0.570. The van der Waals surface area contributed by atoms with Crippen LogP contribution in [0.4, 0.5) is 0 Å². The average molecular weight is 325 g/mol. The van der Waals surface area contributed by atoms with Crippen LogP contribution in [0.3, 0.4) is 0 Å².